The van der Waals surface area contributed by atoms with Crippen LogP contribution in [0, 0.1) is 0 Å². The topological polar surface area (TPSA) is 77.6 Å². The van der Waals surface area contributed by atoms with E-state index in [1.165, 1.54) is 6.07 Å². The first-order valence-electron chi connectivity index (χ1n) is 9.02. The van der Waals surface area contributed by atoms with Gasteiger partial charge in [0.05, 0.1) is 11.6 Å². The lowest BCUT2D eigenvalue weighted by Gasteiger charge is -2.38. The van der Waals surface area contributed by atoms with Crippen LogP contribution in [0.2, 0.25) is 0 Å². The van der Waals surface area contributed by atoms with E-state index in [1.807, 2.05) is 30.6 Å². The molecular formula is C18H26F3N5O2. The number of piperazine rings is 1. The highest BCUT2D eigenvalue weighted by molar-refractivity contribution is 5.97. The number of aromatic nitrogens is 1. The van der Waals surface area contributed by atoms with Crippen molar-refractivity contribution in [3.8, 4) is 0 Å². The maximum absolute atomic E-state index is 12.6. The minimum Gasteiger partial charge on any atom is -0.354 e. The fourth-order valence-corrected chi connectivity index (χ4v) is 2.83. The molecule has 0 radical (unpaired) electrons. The van der Waals surface area contributed by atoms with Crippen LogP contribution in [0.1, 0.15) is 33.3 Å². The maximum atomic E-state index is 12.6. The summed E-state index contributed by atoms with van der Waals surface area (Å²) in [6.07, 6.45) is -3.59. The van der Waals surface area contributed by atoms with E-state index in [2.05, 4.69) is 15.6 Å². The van der Waals surface area contributed by atoms with Crippen molar-refractivity contribution in [2.24, 2.45) is 0 Å². The zero-order valence-corrected chi connectivity index (χ0v) is 16.4. The SMILES string of the molecule is CC(C(=O)NC(=O)NC(C)(C)C)N1CCN(c2ccc(C(F)(F)F)cn2)CC1. The monoisotopic (exact) mass is 401 g/mol. The summed E-state index contributed by atoms with van der Waals surface area (Å²) in [5.74, 6) is 0.0668. The second-order valence-electron chi connectivity index (χ2n) is 7.80. The summed E-state index contributed by atoms with van der Waals surface area (Å²) in [5.41, 5.74) is -1.23. The molecule has 0 bridgehead atoms. The molecular weight excluding hydrogens is 375 g/mol. The molecule has 7 nitrogen and oxygen atoms in total. The van der Waals surface area contributed by atoms with Crippen molar-refractivity contribution >= 4 is 17.8 Å². The summed E-state index contributed by atoms with van der Waals surface area (Å²) in [6.45, 7) is 9.25. The van der Waals surface area contributed by atoms with Gasteiger partial charge in [0.15, 0.2) is 0 Å². The highest BCUT2D eigenvalue weighted by atomic mass is 19.4. The van der Waals surface area contributed by atoms with Gasteiger partial charge in [0.25, 0.3) is 0 Å². The predicted molar refractivity (Wildman–Crippen MR) is 98.9 cm³/mol. The van der Waals surface area contributed by atoms with Gasteiger partial charge in [0.1, 0.15) is 5.82 Å². The molecule has 2 N–H and O–H groups in total. The van der Waals surface area contributed by atoms with E-state index < -0.39 is 35.3 Å². The molecule has 3 amide bonds. The molecule has 1 aromatic rings. The minimum absolute atomic E-state index is 0.400. The molecule has 1 atom stereocenters. The number of urea groups is 1. The number of alkyl halides is 3. The van der Waals surface area contributed by atoms with Gasteiger partial charge in [0.2, 0.25) is 5.91 Å². The van der Waals surface area contributed by atoms with Crippen LogP contribution < -0.4 is 15.5 Å². The van der Waals surface area contributed by atoms with E-state index in [1.54, 1.807) is 6.92 Å². The van der Waals surface area contributed by atoms with Crippen molar-refractivity contribution in [2.75, 3.05) is 31.1 Å². The van der Waals surface area contributed by atoms with Crippen molar-refractivity contribution in [3.05, 3.63) is 23.9 Å². The van der Waals surface area contributed by atoms with Crippen LogP contribution in [0.5, 0.6) is 0 Å². The summed E-state index contributed by atoms with van der Waals surface area (Å²) < 4.78 is 37.9. The second kappa shape index (κ2) is 8.34. The van der Waals surface area contributed by atoms with Crippen LogP contribution in [0.4, 0.5) is 23.8 Å². The Morgan fingerprint density at radius 2 is 1.71 bits per heavy atom. The summed E-state index contributed by atoms with van der Waals surface area (Å²) >= 11 is 0. The molecule has 28 heavy (non-hydrogen) atoms. The fraction of sp³-hybridized carbons (Fsp3) is 0.611. The molecule has 1 fully saturated rings. The van der Waals surface area contributed by atoms with Crippen LogP contribution >= 0.6 is 0 Å². The van der Waals surface area contributed by atoms with Crippen LogP contribution in [-0.4, -0.2) is 59.6 Å². The Balaban J connectivity index is 1.87. The Morgan fingerprint density at radius 1 is 1.11 bits per heavy atom. The van der Waals surface area contributed by atoms with Crippen molar-refractivity contribution in [1.29, 1.82) is 0 Å². The van der Waals surface area contributed by atoms with Crippen LogP contribution in [-0.2, 0) is 11.0 Å². The molecule has 1 unspecified atom stereocenters. The minimum atomic E-state index is -4.41. The van der Waals surface area contributed by atoms with Crippen molar-refractivity contribution in [3.63, 3.8) is 0 Å². The van der Waals surface area contributed by atoms with E-state index in [9.17, 15) is 22.8 Å². The highest BCUT2D eigenvalue weighted by Gasteiger charge is 2.31. The number of halogens is 3. The molecule has 0 aromatic carbocycles. The lowest BCUT2D eigenvalue weighted by molar-refractivity contribution is -0.137. The third-order valence-electron chi connectivity index (χ3n) is 4.37. The van der Waals surface area contributed by atoms with Gasteiger partial charge in [0, 0.05) is 37.9 Å². The Bertz CT molecular complexity index is 693. The van der Waals surface area contributed by atoms with Crippen molar-refractivity contribution in [2.45, 2.75) is 45.5 Å². The average molecular weight is 401 g/mol. The van der Waals surface area contributed by atoms with Gasteiger partial charge < -0.3 is 10.2 Å². The van der Waals surface area contributed by atoms with Gasteiger partial charge >= 0.3 is 12.2 Å². The van der Waals surface area contributed by atoms with E-state index in [0.717, 1.165) is 12.3 Å². The smallest absolute Gasteiger partial charge is 0.354 e. The van der Waals surface area contributed by atoms with Gasteiger partial charge in [-0.25, -0.2) is 9.78 Å². The third-order valence-corrected chi connectivity index (χ3v) is 4.37. The van der Waals surface area contributed by atoms with E-state index in [4.69, 9.17) is 0 Å². The number of rotatable bonds is 3. The Morgan fingerprint density at radius 3 is 2.18 bits per heavy atom. The second-order valence-corrected chi connectivity index (χ2v) is 7.80. The van der Waals surface area contributed by atoms with Crippen LogP contribution in [0.15, 0.2) is 18.3 Å². The van der Waals surface area contributed by atoms with E-state index in [0.29, 0.717) is 32.0 Å². The first-order valence-corrected chi connectivity index (χ1v) is 9.02. The number of pyridine rings is 1. The number of hydrogen-bond donors (Lipinski definition) is 2. The number of imide groups is 1. The normalized spacial score (nSPS) is 17.2. The summed E-state index contributed by atoms with van der Waals surface area (Å²) in [4.78, 5) is 31.8. The number of carbonyl (C=O) groups is 2. The average Bonchev–Trinajstić information content (AvgIpc) is 2.59. The quantitative estimate of drug-likeness (QED) is 0.812. The zero-order chi connectivity index (χ0) is 21.1. The Hall–Kier alpha value is -2.36. The number of carbonyl (C=O) groups excluding carboxylic acids is 2. The van der Waals surface area contributed by atoms with Gasteiger partial charge in [-0.15, -0.1) is 0 Å². The molecule has 156 valence electrons. The van der Waals surface area contributed by atoms with Gasteiger partial charge in [-0.1, -0.05) is 0 Å². The zero-order valence-electron chi connectivity index (χ0n) is 16.4. The molecule has 0 saturated carbocycles. The molecule has 10 heteroatoms. The number of anilines is 1. The third kappa shape index (κ3) is 6.08. The number of nitrogens with one attached hydrogen (secondary N) is 2. The Labute approximate surface area is 162 Å². The molecule has 1 saturated heterocycles. The van der Waals surface area contributed by atoms with Crippen LogP contribution in [0.25, 0.3) is 0 Å². The van der Waals surface area contributed by atoms with E-state index in [-0.39, 0.29) is 0 Å². The lowest BCUT2D eigenvalue weighted by Crippen LogP contribution is -2.56. The number of nitrogens with zero attached hydrogens (tertiary/aromatic N) is 3. The first kappa shape index (κ1) is 21.9. The standard InChI is InChI=1S/C18H26F3N5O2/c1-12(15(27)23-16(28)24-17(2,3)4)25-7-9-26(10-8-25)14-6-5-13(11-22-14)18(19,20)21/h5-6,11-12H,7-10H2,1-4H3,(H2,23,24,27,28). The molecule has 0 aliphatic carbocycles. The number of amides is 3. The maximum Gasteiger partial charge on any atom is 0.417 e. The summed E-state index contributed by atoms with van der Waals surface area (Å²) in [6, 6.07) is 1.31. The van der Waals surface area contributed by atoms with Gasteiger partial charge in [-0.3, -0.25) is 15.0 Å². The van der Waals surface area contributed by atoms with Gasteiger partial charge in [-0.05, 0) is 39.8 Å². The molecule has 0 spiro atoms. The number of hydrogen-bond acceptors (Lipinski definition) is 5. The molecule has 1 aromatic heterocycles. The van der Waals surface area contributed by atoms with Crippen molar-refractivity contribution < 1.29 is 22.8 Å². The van der Waals surface area contributed by atoms with Crippen LogP contribution in [0.3, 0.4) is 0 Å². The summed E-state index contributed by atoms with van der Waals surface area (Å²) in [5, 5.41) is 5.00. The molecule has 1 aliphatic heterocycles. The predicted octanol–water partition coefficient (Wildman–Crippen LogP) is 2.24. The Kier molecular flexibility index (Phi) is 6.53. The molecule has 1 aliphatic rings. The van der Waals surface area contributed by atoms with E-state index >= 15 is 0 Å². The molecule has 2 rings (SSSR count). The summed E-state index contributed by atoms with van der Waals surface area (Å²) in [7, 11) is 0. The van der Waals surface area contributed by atoms with Gasteiger partial charge in [-0.2, -0.15) is 13.2 Å². The largest absolute Gasteiger partial charge is 0.417 e. The lowest BCUT2D eigenvalue weighted by atomic mass is 10.1. The first-order chi connectivity index (χ1) is 12.9. The fourth-order valence-electron chi connectivity index (χ4n) is 2.83. The van der Waals surface area contributed by atoms with Crippen molar-refractivity contribution in [1.82, 2.24) is 20.5 Å². The highest BCUT2D eigenvalue weighted by Crippen LogP contribution is 2.29. The molecule has 2 heterocycles.